The molecular formula is C13H17NO2. The van der Waals surface area contributed by atoms with E-state index in [9.17, 15) is 0 Å². The Morgan fingerprint density at radius 2 is 2.25 bits per heavy atom. The predicted octanol–water partition coefficient (Wildman–Crippen LogP) is 3.26. The van der Waals surface area contributed by atoms with Crippen molar-refractivity contribution in [2.24, 2.45) is 5.16 Å². The summed E-state index contributed by atoms with van der Waals surface area (Å²) in [5.41, 5.74) is 2.80. The number of nitrogens with zero attached hydrogens (tertiary/aromatic N) is 1. The summed E-state index contributed by atoms with van der Waals surface area (Å²) in [5.74, 6) is 0.879. The van der Waals surface area contributed by atoms with Crippen LogP contribution in [0.2, 0.25) is 0 Å². The van der Waals surface area contributed by atoms with Crippen molar-refractivity contribution in [1.29, 1.82) is 0 Å². The SMILES string of the molecule is CCOc1ccc(C=CC(C)=NO)c(C)c1. The maximum atomic E-state index is 8.51. The van der Waals surface area contributed by atoms with E-state index in [1.54, 1.807) is 13.0 Å². The van der Waals surface area contributed by atoms with Gasteiger partial charge >= 0.3 is 0 Å². The average molecular weight is 219 g/mol. The number of ether oxygens (including phenoxy) is 1. The van der Waals surface area contributed by atoms with E-state index in [0.717, 1.165) is 16.9 Å². The number of allylic oxidation sites excluding steroid dienone is 1. The number of rotatable bonds is 4. The normalized spacial score (nSPS) is 12.1. The molecule has 1 aromatic rings. The Kier molecular flexibility index (Phi) is 4.58. The van der Waals surface area contributed by atoms with E-state index in [0.29, 0.717) is 12.3 Å². The Morgan fingerprint density at radius 1 is 1.50 bits per heavy atom. The van der Waals surface area contributed by atoms with Crippen molar-refractivity contribution in [1.82, 2.24) is 0 Å². The molecule has 1 rings (SSSR count). The first-order valence-electron chi connectivity index (χ1n) is 5.27. The van der Waals surface area contributed by atoms with Crippen LogP contribution in [0.3, 0.4) is 0 Å². The van der Waals surface area contributed by atoms with Crippen molar-refractivity contribution in [3.05, 3.63) is 35.4 Å². The maximum Gasteiger partial charge on any atom is 0.119 e. The van der Waals surface area contributed by atoms with E-state index in [1.807, 2.05) is 38.1 Å². The summed E-state index contributed by atoms with van der Waals surface area (Å²) in [6.45, 7) is 6.39. The summed E-state index contributed by atoms with van der Waals surface area (Å²) >= 11 is 0. The quantitative estimate of drug-likeness (QED) is 0.480. The molecule has 86 valence electrons. The molecule has 0 heterocycles. The fourth-order valence-corrected chi connectivity index (χ4v) is 1.34. The number of hydrogen-bond acceptors (Lipinski definition) is 3. The van der Waals surface area contributed by atoms with Gasteiger partial charge in [0, 0.05) is 0 Å². The topological polar surface area (TPSA) is 41.8 Å². The molecule has 0 unspecified atom stereocenters. The third-order valence-electron chi connectivity index (χ3n) is 2.21. The van der Waals surface area contributed by atoms with Crippen molar-refractivity contribution >= 4 is 11.8 Å². The van der Waals surface area contributed by atoms with Gasteiger partial charge in [-0.3, -0.25) is 0 Å². The van der Waals surface area contributed by atoms with E-state index in [-0.39, 0.29) is 0 Å². The van der Waals surface area contributed by atoms with Gasteiger partial charge in [-0.25, -0.2) is 0 Å². The fraction of sp³-hybridized carbons (Fsp3) is 0.308. The zero-order valence-corrected chi connectivity index (χ0v) is 9.90. The second-order valence-corrected chi connectivity index (χ2v) is 3.53. The van der Waals surface area contributed by atoms with Crippen molar-refractivity contribution in [2.45, 2.75) is 20.8 Å². The first-order valence-corrected chi connectivity index (χ1v) is 5.27. The molecule has 3 nitrogen and oxygen atoms in total. The first-order chi connectivity index (χ1) is 7.67. The summed E-state index contributed by atoms with van der Waals surface area (Å²) < 4.78 is 5.40. The second kappa shape index (κ2) is 5.95. The van der Waals surface area contributed by atoms with E-state index < -0.39 is 0 Å². The second-order valence-electron chi connectivity index (χ2n) is 3.53. The first kappa shape index (κ1) is 12.3. The monoisotopic (exact) mass is 219 g/mol. The molecular weight excluding hydrogens is 202 g/mol. The van der Waals surface area contributed by atoms with Gasteiger partial charge in [0.2, 0.25) is 0 Å². The van der Waals surface area contributed by atoms with Crippen LogP contribution in [0.1, 0.15) is 25.0 Å². The Morgan fingerprint density at radius 3 is 2.81 bits per heavy atom. The maximum absolute atomic E-state index is 8.51. The molecule has 0 aliphatic rings. The molecule has 1 aromatic carbocycles. The van der Waals surface area contributed by atoms with Crippen LogP contribution in [0, 0.1) is 6.92 Å². The molecule has 1 N–H and O–H groups in total. The number of hydrogen-bond donors (Lipinski definition) is 1. The van der Waals surface area contributed by atoms with E-state index in [1.165, 1.54) is 0 Å². The Balaban J connectivity index is 2.87. The zero-order valence-electron chi connectivity index (χ0n) is 9.90. The highest BCUT2D eigenvalue weighted by Gasteiger charge is 1.97. The van der Waals surface area contributed by atoms with Gasteiger partial charge in [-0.15, -0.1) is 0 Å². The van der Waals surface area contributed by atoms with Crippen LogP contribution < -0.4 is 4.74 Å². The third kappa shape index (κ3) is 3.42. The molecule has 0 amide bonds. The van der Waals surface area contributed by atoms with E-state index in [2.05, 4.69) is 5.16 Å². The molecule has 0 saturated heterocycles. The van der Waals surface area contributed by atoms with Crippen LogP contribution in [0.4, 0.5) is 0 Å². The van der Waals surface area contributed by atoms with Gasteiger partial charge < -0.3 is 9.94 Å². The lowest BCUT2D eigenvalue weighted by Crippen LogP contribution is -1.92. The lowest BCUT2D eigenvalue weighted by atomic mass is 10.1. The van der Waals surface area contributed by atoms with Gasteiger partial charge in [0.15, 0.2) is 0 Å². The van der Waals surface area contributed by atoms with Crippen LogP contribution in [0.25, 0.3) is 6.08 Å². The lowest BCUT2D eigenvalue weighted by molar-refractivity contribution is 0.319. The molecule has 3 heteroatoms. The predicted molar refractivity (Wildman–Crippen MR) is 66.3 cm³/mol. The van der Waals surface area contributed by atoms with Crippen molar-refractivity contribution in [2.75, 3.05) is 6.61 Å². The minimum atomic E-state index is 0.577. The number of benzene rings is 1. The smallest absolute Gasteiger partial charge is 0.119 e. The van der Waals surface area contributed by atoms with Crippen LogP contribution in [0.5, 0.6) is 5.75 Å². The molecule has 0 aromatic heterocycles. The van der Waals surface area contributed by atoms with Gasteiger partial charge in [0.05, 0.1) is 12.3 Å². The number of oxime groups is 1. The highest BCUT2D eigenvalue weighted by molar-refractivity contribution is 5.96. The Bertz CT molecular complexity index is 408. The Labute approximate surface area is 96.1 Å². The fourth-order valence-electron chi connectivity index (χ4n) is 1.34. The van der Waals surface area contributed by atoms with Gasteiger partial charge in [-0.2, -0.15) is 0 Å². The van der Waals surface area contributed by atoms with Gasteiger partial charge in [0.1, 0.15) is 5.75 Å². The summed E-state index contributed by atoms with van der Waals surface area (Å²) in [6.07, 6.45) is 3.68. The molecule has 0 fully saturated rings. The van der Waals surface area contributed by atoms with Gasteiger partial charge in [-0.05, 0) is 50.1 Å². The molecule has 0 saturated carbocycles. The summed E-state index contributed by atoms with van der Waals surface area (Å²) in [7, 11) is 0. The molecule has 0 atom stereocenters. The Hall–Kier alpha value is -1.77. The van der Waals surface area contributed by atoms with Crippen LogP contribution in [-0.2, 0) is 0 Å². The van der Waals surface area contributed by atoms with Gasteiger partial charge in [0.25, 0.3) is 0 Å². The summed E-state index contributed by atoms with van der Waals surface area (Å²) in [5, 5.41) is 11.6. The lowest BCUT2D eigenvalue weighted by Gasteiger charge is -2.06. The highest BCUT2D eigenvalue weighted by atomic mass is 16.5. The van der Waals surface area contributed by atoms with E-state index >= 15 is 0 Å². The van der Waals surface area contributed by atoms with Crippen molar-refractivity contribution in [3.8, 4) is 5.75 Å². The molecule has 0 radical (unpaired) electrons. The molecule has 0 bridgehead atoms. The molecule has 16 heavy (non-hydrogen) atoms. The zero-order chi connectivity index (χ0) is 12.0. The largest absolute Gasteiger partial charge is 0.494 e. The molecule has 0 aliphatic carbocycles. The van der Waals surface area contributed by atoms with Crippen molar-refractivity contribution < 1.29 is 9.94 Å². The standard InChI is InChI=1S/C13H17NO2/c1-4-16-13-8-7-12(10(2)9-13)6-5-11(3)14-15/h5-9,15H,4H2,1-3H3. The van der Waals surface area contributed by atoms with Crippen LogP contribution >= 0.6 is 0 Å². The highest BCUT2D eigenvalue weighted by Crippen LogP contribution is 2.18. The third-order valence-corrected chi connectivity index (χ3v) is 2.21. The minimum Gasteiger partial charge on any atom is -0.494 e. The van der Waals surface area contributed by atoms with Crippen LogP contribution in [0.15, 0.2) is 29.4 Å². The van der Waals surface area contributed by atoms with Gasteiger partial charge in [-0.1, -0.05) is 17.3 Å². The van der Waals surface area contributed by atoms with Crippen LogP contribution in [-0.4, -0.2) is 17.5 Å². The summed E-state index contributed by atoms with van der Waals surface area (Å²) in [4.78, 5) is 0. The van der Waals surface area contributed by atoms with E-state index in [4.69, 9.17) is 9.94 Å². The minimum absolute atomic E-state index is 0.577. The average Bonchev–Trinajstić information content (AvgIpc) is 2.28. The van der Waals surface area contributed by atoms with Crippen molar-refractivity contribution in [3.63, 3.8) is 0 Å². The summed E-state index contributed by atoms with van der Waals surface area (Å²) in [6, 6.07) is 5.91. The number of aryl methyl sites for hydroxylation is 1. The molecule has 0 aliphatic heterocycles. The molecule has 0 spiro atoms.